The number of para-hydroxylation sites is 1. The minimum Gasteiger partial charge on any atom is -0.343 e. The predicted octanol–water partition coefficient (Wildman–Crippen LogP) is 5.91. The molecule has 1 heteroatoms. The Balaban J connectivity index is 2.29. The number of hydrogen-bond donors (Lipinski definition) is 0. The number of benzene rings is 3. The number of hydrogen-bond acceptors (Lipinski definition) is 0. The number of allylic oxidation sites excluding steroid dienone is 2. The van der Waals surface area contributed by atoms with Crippen LogP contribution in [0.2, 0.25) is 0 Å². The van der Waals surface area contributed by atoms with Crippen LogP contribution in [-0.2, 0) is 7.05 Å². The van der Waals surface area contributed by atoms with E-state index in [-0.39, 0.29) is 0 Å². The Hall–Kier alpha value is -2.54. The summed E-state index contributed by atoms with van der Waals surface area (Å²) in [6.45, 7) is 4.29. The van der Waals surface area contributed by atoms with Crippen LogP contribution in [0.4, 0.5) is 0 Å². The molecule has 0 atom stereocenters. The molecule has 0 aliphatic carbocycles. The molecule has 0 saturated heterocycles. The molecule has 0 radical (unpaired) electrons. The van der Waals surface area contributed by atoms with Crippen molar-refractivity contribution in [3.8, 4) is 0 Å². The molecule has 22 heavy (non-hydrogen) atoms. The first-order chi connectivity index (χ1) is 10.7. The highest BCUT2D eigenvalue weighted by Crippen LogP contribution is 2.36. The molecule has 108 valence electrons. The highest BCUT2D eigenvalue weighted by atomic mass is 14.9. The summed E-state index contributed by atoms with van der Waals surface area (Å²) in [7, 11) is 2.18. The average Bonchev–Trinajstić information content (AvgIpc) is 2.87. The van der Waals surface area contributed by atoms with Crippen LogP contribution in [-0.4, -0.2) is 4.57 Å². The highest BCUT2D eigenvalue weighted by Gasteiger charge is 2.14. The summed E-state index contributed by atoms with van der Waals surface area (Å²) in [6.07, 6.45) is 2.19. The molecule has 0 aliphatic rings. The molecular formula is C21H19N. The maximum atomic E-state index is 2.36. The summed E-state index contributed by atoms with van der Waals surface area (Å²) in [5, 5.41) is 5.29. The van der Waals surface area contributed by atoms with Gasteiger partial charge in [0.05, 0.1) is 11.0 Å². The summed E-state index contributed by atoms with van der Waals surface area (Å²) in [5.74, 6) is 0. The third kappa shape index (κ3) is 1.66. The monoisotopic (exact) mass is 285 g/mol. The van der Waals surface area contributed by atoms with Crippen LogP contribution in [0.1, 0.15) is 19.4 Å². The second-order valence-electron chi connectivity index (χ2n) is 5.92. The van der Waals surface area contributed by atoms with E-state index < -0.39 is 0 Å². The van der Waals surface area contributed by atoms with Crippen molar-refractivity contribution in [2.45, 2.75) is 13.8 Å². The van der Waals surface area contributed by atoms with Gasteiger partial charge in [-0.2, -0.15) is 0 Å². The van der Waals surface area contributed by atoms with E-state index in [1.807, 2.05) is 0 Å². The van der Waals surface area contributed by atoms with Crippen LogP contribution in [0.15, 0.2) is 60.7 Å². The lowest BCUT2D eigenvalue weighted by Gasteiger charge is -2.07. The van der Waals surface area contributed by atoms with Gasteiger partial charge in [-0.3, -0.25) is 0 Å². The Morgan fingerprint density at radius 2 is 1.55 bits per heavy atom. The largest absolute Gasteiger partial charge is 0.343 e. The topological polar surface area (TPSA) is 4.93 Å². The number of aryl methyl sites for hydroxylation is 1. The third-order valence-corrected chi connectivity index (χ3v) is 4.76. The van der Waals surface area contributed by atoms with Gasteiger partial charge in [0.15, 0.2) is 0 Å². The van der Waals surface area contributed by atoms with Crippen molar-refractivity contribution >= 4 is 38.2 Å². The number of rotatable bonds is 1. The molecule has 0 fully saturated rings. The van der Waals surface area contributed by atoms with Gasteiger partial charge in [0.25, 0.3) is 0 Å². The van der Waals surface area contributed by atoms with Gasteiger partial charge in [-0.1, -0.05) is 60.7 Å². The standard InChI is InChI=1S/C21H19N/c1-4-14(2)16-10-7-11-18-19-13-12-15-8-5-6-9-17(15)21(19)22(3)20(16)18/h4-13H,1-3H3/b14-4+. The van der Waals surface area contributed by atoms with Crippen molar-refractivity contribution in [1.82, 2.24) is 4.57 Å². The first-order valence-corrected chi connectivity index (χ1v) is 7.74. The lowest BCUT2D eigenvalue weighted by atomic mass is 10.0. The van der Waals surface area contributed by atoms with E-state index in [1.54, 1.807) is 0 Å². The lowest BCUT2D eigenvalue weighted by molar-refractivity contribution is 1.02. The Morgan fingerprint density at radius 3 is 2.36 bits per heavy atom. The molecule has 1 aromatic heterocycles. The molecule has 0 unspecified atom stereocenters. The van der Waals surface area contributed by atoms with E-state index in [0.717, 1.165) is 0 Å². The summed E-state index contributed by atoms with van der Waals surface area (Å²) < 4.78 is 2.36. The lowest BCUT2D eigenvalue weighted by Crippen LogP contribution is -1.92. The summed E-state index contributed by atoms with van der Waals surface area (Å²) in [4.78, 5) is 0. The number of aromatic nitrogens is 1. The zero-order chi connectivity index (χ0) is 15.3. The van der Waals surface area contributed by atoms with E-state index in [0.29, 0.717) is 0 Å². The van der Waals surface area contributed by atoms with Gasteiger partial charge in [-0.05, 0) is 24.8 Å². The molecule has 0 N–H and O–H groups in total. The molecule has 1 heterocycles. The fourth-order valence-electron chi connectivity index (χ4n) is 3.54. The maximum Gasteiger partial charge on any atom is 0.0568 e. The molecule has 1 nitrogen and oxygen atoms in total. The molecule has 0 amide bonds. The van der Waals surface area contributed by atoms with Gasteiger partial charge in [0.1, 0.15) is 0 Å². The van der Waals surface area contributed by atoms with Gasteiger partial charge >= 0.3 is 0 Å². The first kappa shape index (κ1) is 13.1. The molecule has 4 aromatic rings. The second kappa shape index (κ2) is 4.74. The zero-order valence-electron chi connectivity index (χ0n) is 13.2. The zero-order valence-corrected chi connectivity index (χ0v) is 13.2. The van der Waals surface area contributed by atoms with Crippen molar-refractivity contribution < 1.29 is 0 Å². The Labute approximate surface area is 130 Å². The summed E-state index contributed by atoms with van der Waals surface area (Å²) in [5.41, 5.74) is 5.29. The van der Waals surface area contributed by atoms with Gasteiger partial charge in [0.2, 0.25) is 0 Å². The van der Waals surface area contributed by atoms with E-state index in [2.05, 4.69) is 86.1 Å². The maximum absolute atomic E-state index is 2.36. The molecule has 0 spiro atoms. The van der Waals surface area contributed by atoms with Crippen LogP contribution in [0, 0.1) is 0 Å². The van der Waals surface area contributed by atoms with Crippen molar-refractivity contribution in [3.63, 3.8) is 0 Å². The minimum atomic E-state index is 1.30. The highest BCUT2D eigenvalue weighted by molar-refractivity contribution is 6.19. The van der Waals surface area contributed by atoms with E-state index >= 15 is 0 Å². The molecule has 0 saturated carbocycles. The van der Waals surface area contributed by atoms with Crippen LogP contribution in [0.3, 0.4) is 0 Å². The van der Waals surface area contributed by atoms with Crippen molar-refractivity contribution in [3.05, 3.63) is 66.2 Å². The van der Waals surface area contributed by atoms with Crippen LogP contribution in [0.5, 0.6) is 0 Å². The molecule has 4 rings (SSSR count). The fourth-order valence-corrected chi connectivity index (χ4v) is 3.54. The fraction of sp³-hybridized carbons (Fsp3) is 0.143. The molecular weight excluding hydrogens is 266 g/mol. The van der Waals surface area contributed by atoms with Crippen molar-refractivity contribution in [2.24, 2.45) is 7.05 Å². The first-order valence-electron chi connectivity index (χ1n) is 7.74. The molecule has 3 aromatic carbocycles. The Kier molecular flexibility index (Phi) is 2.83. The molecule has 0 aliphatic heterocycles. The van der Waals surface area contributed by atoms with Gasteiger partial charge in [-0.15, -0.1) is 0 Å². The van der Waals surface area contributed by atoms with E-state index in [1.165, 1.54) is 43.7 Å². The van der Waals surface area contributed by atoms with Crippen LogP contribution in [0.25, 0.3) is 38.2 Å². The van der Waals surface area contributed by atoms with Crippen molar-refractivity contribution in [2.75, 3.05) is 0 Å². The van der Waals surface area contributed by atoms with E-state index in [9.17, 15) is 0 Å². The number of fused-ring (bicyclic) bond motifs is 5. The van der Waals surface area contributed by atoms with Gasteiger partial charge < -0.3 is 4.57 Å². The Bertz CT molecular complexity index is 1050. The third-order valence-electron chi connectivity index (χ3n) is 4.76. The molecule has 0 bridgehead atoms. The minimum absolute atomic E-state index is 1.30. The van der Waals surface area contributed by atoms with Crippen molar-refractivity contribution in [1.29, 1.82) is 0 Å². The summed E-state index contributed by atoms with van der Waals surface area (Å²) >= 11 is 0. The second-order valence-corrected chi connectivity index (χ2v) is 5.92. The normalized spacial score (nSPS) is 12.6. The van der Waals surface area contributed by atoms with Crippen LogP contribution >= 0.6 is 0 Å². The van der Waals surface area contributed by atoms with Gasteiger partial charge in [0, 0.05) is 28.8 Å². The van der Waals surface area contributed by atoms with Gasteiger partial charge in [-0.25, -0.2) is 0 Å². The van der Waals surface area contributed by atoms with Crippen LogP contribution < -0.4 is 0 Å². The SMILES string of the molecule is C/C=C(\C)c1cccc2c3ccc4ccccc4c3n(C)c12. The number of nitrogens with zero attached hydrogens (tertiary/aromatic N) is 1. The smallest absolute Gasteiger partial charge is 0.0568 e. The Morgan fingerprint density at radius 1 is 0.818 bits per heavy atom. The predicted molar refractivity (Wildman–Crippen MR) is 97.3 cm³/mol. The average molecular weight is 285 g/mol. The van der Waals surface area contributed by atoms with E-state index in [4.69, 9.17) is 0 Å². The quantitative estimate of drug-likeness (QED) is 0.410. The summed E-state index contributed by atoms with van der Waals surface area (Å²) in [6, 6.07) is 19.7.